The first-order valence-corrected chi connectivity index (χ1v) is 22.1. The molecule has 0 unspecified atom stereocenters. The minimum absolute atomic E-state index is 0.174. The second-order valence-electron chi connectivity index (χ2n) is 17.4. The van der Waals surface area contributed by atoms with Gasteiger partial charge in [-0.15, -0.1) is 10.2 Å². The van der Waals surface area contributed by atoms with Gasteiger partial charge in [-0.05, 0) is 118 Å². The molecular formula is C47H55F3N10O7. The Bertz CT molecular complexity index is 2400. The number of amides is 3. The summed E-state index contributed by atoms with van der Waals surface area (Å²) < 4.78 is 43.5. The molecule has 1 saturated carbocycles. The molecule has 67 heavy (non-hydrogen) atoms. The van der Waals surface area contributed by atoms with E-state index in [0.717, 1.165) is 61.0 Å². The Labute approximate surface area is 385 Å². The Morgan fingerprint density at radius 1 is 0.896 bits per heavy atom. The zero-order chi connectivity index (χ0) is 48.1. The van der Waals surface area contributed by atoms with E-state index in [1.54, 1.807) is 29.2 Å². The largest absolute Gasteiger partial charge is 0.490 e. The van der Waals surface area contributed by atoms with E-state index < -0.39 is 35.8 Å². The summed E-state index contributed by atoms with van der Waals surface area (Å²) in [5.74, 6) is -2.14. The van der Waals surface area contributed by atoms with Crippen molar-refractivity contribution >= 4 is 35.5 Å². The molecule has 1 aliphatic carbocycles. The molecule has 1 saturated heterocycles. The third-order valence-electron chi connectivity index (χ3n) is 11.3. The number of alkyl carbamates (subject to hydrolysis) is 1. The van der Waals surface area contributed by atoms with E-state index in [0.29, 0.717) is 54.9 Å². The minimum Gasteiger partial charge on any atom is -0.475 e. The lowest BCUT2D eigenvalue weighted by Crippen LogP contribution is -2.52. The number of aliphatic carboxylic acids is 1. The van der Waals surface area contributed by atoms with Gasteiger partial charge in [0.05, 0.1) is 5.56 Å². The highest BCUT2D eigenvalue weighted by atomic mass is 19.4. The first-order valence-electron chi connectivity index (χ1n) is 22.1. The smallest absolute Gasteiger partial charge is 0.475 e. The zero-order valence-corrected chi connectivity index (χ0v) is 37.5. The molecular weight excluding hydrogens is 874 g/mol. The predicted octanol–water partition coefficient (Wildman–Crippen LogP) is 7.29. The number of carbonyl (C=O) groups is 4. The number of alkyl halides is 3. The van der Waals surface area contributed by atoms with Crippen LogP contribution in [-0.2, 0) is 32.1 Å². The molecule has 3 amide bonds. The number of nitrogens with one attached hydrogen (secondary N) is 2. The average Bonchev–Trinajstić information content (AvgIpc) is 3.86. The van der Waals surface area contributed by atoms with Gasteiger partial charge in [0.1, 0.15) is 18.2 Å². The maximum absolute atomic E-state index is 14.6. The number of H-pyrrole nitrogens is 1. The van der Waals surface area contributed by atoms with E-state index in [2.05, 4.69) is 30.8 Å². The topological polar surface area (TPSA) is 232 Å². The number of ether oxygens (including phenoxy) is 2. The van der Waals surface area contributed by atoms with Crippen LogP contribution in [0.5, 0.6) is 5.88 Å². The monoisotopic (exact) mass is 928 g/mol. The lowest BCUT2D eigenvalue weighted by Gasteiger charge is -2.36. The van der Waals surface area contributed by atoms with Gasteiger partial charge in [0.25, 0.3) is 0 Å². The maximum atomic E-state index is 14.6. The number of aromatic nitrogens is 6. The van der Waals surface area contributed by atoms with E-state index in [-0.39, 0.29) is 24.2 Å². The van der Waals surface area contributed by atoms with Crippen LogP contribution >= 0.6 is 0 Å². The third-order valence-corrected chi connectivity index (χ3v) is 11.3. The SMILES string of the molecule is CC(C)(C)OC(=O)NCC1CCC(C(=O)N(c2ccc(-c3nn[nH]n3)cc2)[C@@H](Cc2ccc(-c3cnc(N4CCCCC4)nc3OCc3ccccc3)cc2)C(N)=O)CC1.O=C(O)C(F)(F)F. The number of benzene rings is 3. The molecule has 0 bridgehead atoms. The highest BCUT2D eigenvalue weighted by molar-refractivity contribution is 6.02. The zero-order valence-electron chi connectivity index (χ0n) is 37.5. The summed E-state index contributed by atoms with van der Waals surface area (Å²) in [5, 5.41) is 24.3. The molecule has 0 radical (unpaired) electrons. The normalized spacial score (nSPS) is 16.7. The van der Waals surface area contributed by atoms with Gasteiger partial charge < -0.3 is 30.5 Å². The van der Waals surface area contributed by atoms with Crippen LogP contribution in [-0.4, -0.2) is 97.0 Å². The molecule has 20 heteroatoms. The van der Waals surface area contributed by atoms with Crippen LogP contribution in [0.15, 0.2) is 85.1 Å². The van der Waals surface area contributed by atoms with Gasteiger partial charge in [-0.1, -0.05) is 54.6 Å². The highest BCUT2D eigenvalue weighted by Gasteiger charge is 2.38. The van der Waals surface area contributed by atoms with Gasteiger partial charge in [0.15, 0.2) is 0 Å². The number of carboxylic acids is 1. The maximum Gasteiger partial charge on any atom is 0.490 e. The van der Waals surface area contributed by atoms with E-state index in [1.807, 2.05) is 81.6 Å². The van der Waals surface area contributed by atoms with E-state index in [4.69, 9.17) is 35.1 Å². The molecule has 2 fully saturated rings. The number of nitrogens with zero attached hydrogens (tertiary/aromatic N) is 7. The van der Waals surface area contributed by atoms with Crippen LogP contribution in [0, 0.1) is 11.8 Å². The number of carboxylic acid groups (broad SMARTS) is 1. The number of tetrazole rings is 1. The van der Waals surface area contributed by atoms with Crippen molar-refractivity contribution in [2.45, 2.75) is 96.6 Å². The number of carbonyl (C=O) groups excluding carboxylic acids is 3. The quantitative estimate of drug-likeness (QED) is 0.0858. The summed E-state index contributed by atoms with van der Waals surface area (Å²) in [5.41, 5.74) is 10.3. The van der Waals surface area contributed by atoms with Crippen molar-refractivity contribution in [3.63, 3.8) is 0 Å². The van der Waals surface area contributed by atoms with Gasteiger partial charge in [0.2, 0.25) is 29.5 Å². The molecule has 0 spiro atoms. The number of hydrogen-bond acceptors (Lipinski definition) is 12. The van der Waals surface area contributed by atoms with Crippen LogP contribution in [0.1, 0.15) is 76.8 Å². The molecule has 7 rings (SSSR count). The number of halogens is 3. The van der Waals surface area contributed by atoms with E-state index in [9.17, 15) is 27.6 Å². The van der Waals surface area contributed by atoms with Gasteiger partial charge in [-0.3, -0.25) is 14.5 Å². The fourth-order valence-electron chi connectivity index (χ4n) is 7.87. The van der Waals surface area contributed by atoms with Gasteiger partial charge in [-0.25, -0.2) is 14.6 Å². The van der Waals surface area contributed by atoms with Crippen molar-refractivity contribution in [2.75, 3.05) is 29.4 Å². The van der Waals surface area contributed by atoms with Crippen LogP contribution < -0.4 is 25.6 Å². The summed E-state index contributed by atoms with van der Waals surface area (Å²) in [6.45, 7) is 8.11. The van der Waals surface area contributed by atoms with Crippen molar-refractivity contribution in [1.82, 2.24) is 35.9 Å². The van der Waals surface area contributed by atoms with E-state index >= 15 is 0 Å². The van der Waals surface area contributed by atoms with Crippen LogP contribution in [0.4, 0.5) is 29.6 Å². The molecule has 2 aromatic heterocycles. The van der Waals surface area contributed by atoms with Crippen molar-refractivity contribution in [3.8, 4) is 28.4 Å². The van der Waals surface area contributed by atoms with Crippen LogP contribution in [0.25, 0.3) is 22.5 Å². The van der Waals surface area contributed by atoms with Crippen molar-refractivity contribution in [2.24, 2.45) is 17.6 Å². The molecule has 2 aliphatic rings. The van der Waals surface area contributed by atoms with Gasteiger partial charge in [0, 0.05) is 49.4 Å². The van der Waals surface area contributed by atoms with Crippen molar-refractivity contribution in [3.05, 3.63) is 96.2 Å². The third kappa shape index (κ3) is 14.2. The molecule has 5 aromatic rings. The lowest BCUT2D eigenvalue weighted by molar-refractivity contribution is -0.192. The lowest BCUT2D eigenvalue weighted by atomic mass is 9.81. The molecule has 3 heterocycles. The Kier molecular flexibility index (Phi) is 16.5. The molecule has 17 nitrogen and oxygen atoms in total. The summed E-state index contributed by atoms with van der Waals surface area (Å²) in [6.07, 6.45) is 2.54. The van der Waals surface area contributed by atoms with Crippen LogP contribution in [0.2, 0.25) is 0 Å². The number of primary amides is 1. The van der Waals surface area contributed by atoms with E-state index in [1.165, 1.54) is 6.42 Å². The Balaban J connectivity index is 0.000000980. The first kappa shape index (κ1) is 49.3. The summed E-state index contributed by atoms with van der Waals surface area (Å²) >= 11 is 0. The van der Waals surface area contributed by atoms with Gasteiger partial charge in [-0.2, -0.15) is 23.4 Å². The summed E-state index contributed by atoms with van der Waals surface area (Å²) in [4.78, 5) is 62.7. The fraction of sp³-hybridized carbons (Fsp3) is 0.426. The number of rotatable bonds is 14. The summed E-state index contributed by atoms with van der Waals surface area (Å²) in [7, 11) is 0. The number of anilines is 2. The van der Waals surface area contributed by atoms with Crippen molar-refractivity contribution in [1.29, 1.82) is 0 Å². The Hall–Kier alpha value is -7.12. The van der Waals surface area contributed by atoms with Crippen LogP contribution in [0.3, 0.4) is 0 Å². The number of aromatic amines is 1. The number of hydrogen-bond donors (Lipinski definition) is 4. The van der Waals surface area contributed by atoms with Crippen molar-refractivity contribution < 1.29 is 46.9 Å². The first-order chi connectivity index (χ1) is 31.9. The fourth-order valence-corrected chi connectivity index (χ4v) is 7.87. The molecule has 1 aliphatic heterocycles. The second-order valence-corrected chi connectivity index (χ2v) is 17.4. The highest BCUT2D eigenvalue weighted by Crippen LogP contribution is 2.35. The predicted molar refractivity (Wildman–Crippen MR) is 241 cm³/mol. The minimum atomic E-state index is -5.08. The second kappa shape index (κ2) is 22.4. The number of piperidine rings is 1. The molecule has 1 atom stereocenters. The Morgan fingerprint density at radius 3 is 2.12 bits per heavy atom. The van der Waals surface area contributed by atoms with Gasteiger partial charge >= 0.3 is 18.2 Å². The number of nitrogens with two attached hydrogens (primary N) is 1. The Morgan fingerprint density at radius 2 is 1.54 bits per heavy atom. The average molecular weight is 929 g/mol. The molecule has 3 aromatic carbocycles. The summed E-state index contributed by atoms with van der Waals surface area (Å²) in [6, 6.07) is 23.9. The standard InChI is InChI=1S/C45H54N10O5.C2HF3O2/c1-45(2,3)60-44(58)48-27-31-14-18-35(19-15-31)42(57)55(36-22-20-34(21-23-36)40-50-52-53-51-40)38(39(46)56)26-30-12-16-33(17-13-30)37-28-47-43(54-24-8-5-9-25-54)49-41(37)59-29-32-10-6-4-7-11-32;3-2(4,5)1(6)7/h4,6-7,10-13,16-17,20-23,28,31,35,38H,5,8-9,14-15,18-19,24-27,29H2,1-3H3,(H2,46,56)(H,48,58)(H,50,51,52,53);(H,6,7)/t31?,35?,38-;/m0./s1. The molecule has 5 N–H and O–H groups in total. The molecule has 356 valence electrons.